The van der Waals surface area contributed by atoms with Crippen molar-refractivity contribution in [2.75, 3.05) is 12.4 Å². The van der Waals surface area contributed by atoms with Gasteiger partial charge in [0, 0.05) is 18.8 Å². The summed E-state index contributed by atoms with van der Waals surface area (Å²) < 4.78 is 35.8. The Bertz CT molecular complexity index is 1360. The summed E-state index contributed by atoms with van der Waals surface area (Å²) in [7, 11) is -3.68. The van der Waals surface area contributed by atoms with E-state index in [0.29, 0.717) is 12.4 Å². The fraction of sp³-hybridized carbons (Fsp3) is 0.250. The van der Waals surface area contributed by atoms with Gasteiger partial charge < -0.3 is 9.30 Å². The van der Waals surface area contributed by atoms with Crippen LogP contribution in [0.3, 0.4) is 0 Å². The van der Waals surface area contributed by atoms with Gasteiger partial charge in [0.05, 0.1) is 11.8 Å². The molecule has 0 saturated carbocycles. The molecule has 9 heteroatoms. The average molecular weight is 468 g/mol. The Morgan fingerprint density at radius 1 is 1.03 bits per heavy atom. The number of aromatic amines is 1. The Labute approximate surface area is 191 Å². The third kappa shape index (κ3) is 6.53. The van der Waals surface area contributed by atoms with Crippen LogP contribution in [0.15, 0.2) is 88.1 Å². The monoisotopic (exact) mass is 467 g/mol. The predicted octanol–water partition coefficient (Wildman–Crippen LogP) is 2.34. The van der Waals surface area contributed by atoms with Gasteiger partial charge in [0.25, 0.3) is 5.56 Å². The molecule has 1 heterocycles. The van der Waals surface area contributed by atoms with Gasteiger partial charge in [-0.05, 0) is 41.7 Å². The zero-order valence-electron chi connectivity index (χ0n) is 17.9. The normalized spacial score (nSPS) is 13.9. The van der Waals surface area contributed by atoms with Crippen molar-refractivity contribution in [3.63, 3.8) is 0 Å². The van der Waals surface area contributed by atoms with Crippen molar-refractivity contribution in [2.24, 2.45) is 0 Å². The molecule has 4 rings (SSSR count). The number of H-pyrrole nitrogens is 1. The van der Waals surface area contributed by atoms with Gasteiger partial charge >= 0.3 is 5.69 Å². The Hall–Kier alpha value is -3.43. The largest absolute Gasteiger partial charge is 0.489 e. The molecule has 2 N–H and O–H groups in total. The topological polar surface area (TPSA) is 110 Å². The molecule has 2 aromatic carbocycles. The highest BCUT2D eigenvalue weighted by Gasteiger charge is 2.22. The number of nitrogens with one attached hydrogen (secondary N) is 2. The molecule has 0 aliphatic heterocycles. The molecule has 1 aromatic heterocycles. The molecule has 1 atom stereocenters. The molecule has 1 aliphatic carbocycles. The minimum absolute atomic E-state index is 0.172. The second-order valence-corrected chi connectivity index (χ2v) is 9.74. The summed E-state index contributed by atoms with van der Waals surface area (Å²) in [4.78, 5) is 25.1. The minimum Gasteiger partial charge on any atom is -0.489 e. The Kier molecular flexibility index (Phi) is 6.90. The van der Waals surface area contributed by atoms with E-state index in [1.54, 1.807) is 0 Å². The standard InChI is InChI=1S/C24H25N3O5S/c28-22-12-14-27(24(29)25-22)13-5-15-33(30,31)26-23(19-6-2-1-3-7-19)20-8-4-9-21(16-20)32-17-18-10-11-18/h1-4,6-10,12,14,16,23,26H,5,11,13,15,17H2,(H,25,28,29). The van der Waals surface area contributed by atoms with E-state index in [2.05, 4.69) is 15.8 Å². The first-order valence-corrected chi connectivity index (χ1v) is 12.3. The van der Waals surface area contributed by atoms with Crippen molar-refractivity contribution < 1.29 is 13.2 Å². The number of allylic oxidation sites excluding steroid dienone is 1. The summed E-state index contributed by atoms with van der Waals surface area (Å²) in [6.45, 7) is 0.709. The van der Waals surface area contributed by atoms with Gasteiger partial charge in [0.1, 0.15) is 12.4 Å². The van der Waals surface area contributed by atoms with Crippen LogP contribution >= 0.6 is 0 Å². The van der Waals surface area contributed by atoms with Crippen LogP contribution in [-0.4, -0.2) is 30.3 Å². The lowest BCUT2D eigenvalue weighted by Gasteiger charge is -2.21. The lowest BCUT2D eigenvalue weighted by molar-refractivity contribution is 0.355. The Morgan fingerprint density at radius 2 is 1.79 bits per heavy atom. The molecule has 0 amide bonds. The molecule has 1 aliphatic rings. The minimum atomic E-state index is -3.68. The number of aryl methyl sites for hydroxylation is 1. The van der Waals surface area contributed by atoms with Crippen molar-refractivity contribution >= 4 is 10.0 Å². The van der Waals surface area contributed by atoms with Crippen LogP contribution < -0.4 is 20.7 Å². The lowest BCUT2D eigenvalue weighted by Crippen LogP contribution is -2.33. The van der Waals surface area contributed by atoms with Crippen LogP contribution in [0.5, 0.6) is 5.75 Å². The molecule has 1 unspecified atom stereocenters. The van der Waals surface area contributed by atoms with Crippen molar-refractivity contribution in [3.05, 3.63) is 110 Å². The maximum atomic E-state index is 12.9. The highest BCUT2D eigenvalue weighted by molar-refractivity contribution is 7.89. The predicted molar refractivity (Wildman–Crippen MR) is 126 cm³/mol. The van der Waals surface area contributed by atoms with Crippen molar-refractivity contribution in [3.8, 4) is 5.75 Å². The number of ether oxygens (including phenoxy) is 1. The summed E-state index contributed by atoms with van der Waals surface area (Å²) in [6, 6.07) is 17.4. The van der Waals surface area contributed by atoms with E-state index in [1.165, 1.54) is 22.4 Å². The van der Waals surface area contributed by atoms with E-state index in [1.807, 2.05) is 54.6 Å². The number of hydrogen-bond donors (Lipinski definition) is 2. The van der Waals surface area contributed by atoms with E-state index in [0.717, 1.165) is 17.5 Å². The van der Waals surface area contributed by atoms with Crippen LogP contribution in [0.2, 0.25) is 0 Å². The molecule has 0 bridgehead atoms. The first-order chi connectivity index (χ1) is 15.9. The van der Waals surface area contributed by atoms with Crippen molar-refractivity contribution in [2.45, 2.75) is 25.4 Å². The fourth-order valence-corrected chi connectivity index (χ4v) is 4.67. The highest BCUT2D eigenvalue weighted by Crippen LogP contribution is 2.27. The molecule has 172 valence electrons. The molecule has 0 fully saturated rings. The number of nitrogens with zero attached hydrogens (tertiary/aromatic N) is 1. The van der Waals surface area contributed by atoms with E-state index in [-0.39, 0.29) is 18.7 Å². The summed E-state index contributed by atoms with van der Waals surface area (Å²) >= 11 is 0. The third-order valence-corrected chi connectivity index (χ3v) is 6.67. The van der Waals surface area contributed by atoms with Crippen LogP contribution in [0.1, 0.15) is 30.0 Å². The molecule has 3 aromatic rings. The quantitative estimate of drug-likeness (QED) is 0.421. The summed E-state index contributed by atoms with van der Waals surface area (Å²) in [5, 5.41) is 0. The van der Waals surface area contributed by atoms with E-state index in [4.69, 9.17) is 4.74 Å². The maximum absolute atomic E-state index is 12.9. The molecule has 33 heavy (non-hydrogen) atoms. The van der Waals surface area contributed by atoms with Gasteiger partial charge in [0.15, 0.2) is 0 Å². The lowest BCUT2D eigenvalue weighted by atomic mass is 9.99. The van der Waals surface area contributed by atoms with Gasteiger partial charge in [-0.15, -0.1) is 0 Å². The van der Waals surface area contributed by atoms with Crippen molar-refractivity contribution in [1.29, 1.82) is 0 Å². The van der Waals surface area contributed by atoms with E-state index in [9.17, 15) is 18.0 Å². The highest BCUT2D eigenvalue weighted by atomic mass is 32.2. The van der Waals surface area contributed by atoms with Gasteiger partial charge in [-0.2, -0.15) is 0 Å². The van der Waals surface area contributed by atoms with Gasteiger partial charge in [-0.3, -0.25) is 9.78 Å². The number of aromatic nitrogens is 2. The molecule has 0 saturated heterocycles. The van der Waals surface area contributed by atoms with Gasteiger partial charge in [-0.1, -0.05) is 48.5 Å². The molecule has 0 spiro atoms. The summed E-state index contributed by atoms with van der Waals surface area (Å²) in [5.74, 6) is 0.504. The fourth-order valence-electron chi connectivity index (χ4n) is 3.41. The zero-order valence-corrected chi connectivity index (χ0v) is 18.8. The zero-order chi connectivity index (χ0) is 23.3. The maximum Gasteiger partial charge on any atom is 0.328 e. The van der Waals surface area contributed by atoms with Crippen LogP contribution in [0, 0.1) is 0 Å². The molecule has 8 nitrogen and oxygen atoms in total. The van der Waals surface area contributed by atoms with E-state index >= 15 is 0 Å². The Morgan fingerprint density at radius 3 is 2.52 bits per heavy atom. The summed E-state index contributed by atoms with van der Waals surface area (Å²) in [5.41, 5.74) is 1.77. The second-order valence-electron chi connectivity index (χ2n) is 7.87. The first-order valence-electron chi connectivity index (χ1n) is 10.6. The molecular weight excluding hydrogens is 442 g/mol. The molecule has 0 radical (unpaired) electrons. The van der Waals surface area contributed by atoms with Gasteiger partial charge in [-0.25, -0.2) is 17.9 Å². The van der Waals surface area contributed by atoms with Crippen molar-refractivity contribution in [1.82, 2.24) is 14.3 Å². The molecular formula is C24H25N3O5S. The number of benzene rings is 2. The van der Waals surface area contributed by atoms with Crippen LogP contribution in [-0.2, 0) is 16.6 Å². The average Bonchev–Trinajstić information content (AvgIpc) is 3.63. The SMILES string of the molecule is O=c1ccn(CCCS(=O)(=O)NC(c2ccccc2)c2cccc(OCC3=CC3)c2)c(=O)[nH]1. The number of sulfonamides is 1. The smallest absolute Gasteiger partial charge is 0.328 e. The van der Waals surface area contributed by atoms with Gasteiger partial charge in [0.2, 0.25) is 10.0 Å². The first kappa shape index (κ1) is 22.8. The van der Waals surface area contributed by atoms with Crippen LogP contribution in [0.4, 0.5) is 0 Å². The number of hydrogen-bond acceptors (Lipinski definition) is 5. The third-order valence-electron chi connectivity index (χ3n) is 5.25. The van der Waals surface area contributed by atoms with Crippen LogP contribution in [0.25, 0.3) is 0 Å². The van der Waals surface area contributed by atoms with E-state index < -0.39 is 27.3 Å². The summed E-state index contributed by atoms with van der Waals surface area (Å²) in [6.07, 6.45) is 4.65. The Balaban J connectivity index is 1.49. The number of rotatable bonds is 11. The second kappa shape index (κ2) is 10.0.